The van der Waals surface area contributed by atoms with Crippen LogP contribution >= 0.6 is 11.8 Å². The van der Waals surface area contributed by atoms with Crippen LogP contribution in [0.3, 0.4) is 0 Å². The predicted octanol–water partition coefficient (Wildman–Crippen LogP) is 3.49. The van der Waals surface area contributed by atoms with Gasteiger partial charge in [0.25, 0.3) is 0 Å². The molecule has 1 unspecified atom stereocenters. The number of halogens is 1. The summed E-state index contributed by atoms with van der Waals surface area (Å²) in [4.78, 5) is 16.6. The Morgan fingerprint density at radius 1 is 1.29 bits per heavy atom. The van der Waals surface area contributed by atoms with Crippen molar-refractivity contribution in [1.29, 1.82) is 0 Å². The molecule has 0 spiro atoms. The highest BCUT2D eigenvalue weighted by Crippen LogP contribution is 2.29. The van der Waals surface area contributed by atoms with Crippen LogP contribution in [-0.2, 0) is 6.54 Å². The summed E-state index contributed by atoms with van der Waals surface area (Å²) in [5, 5.41) is 8.19. The summed E-state index contributed by atoms with van der Waals surface area (Å²) in [6.45, 7) is 4.12. The summed E-state index contributed by atoms with van der Waals surface area (Å²) in [7, 11) is 0. The molecule has 0 N–H and O–H groups in total. The SMILES string of the molecule is Cc1ccc(-c2noc(C(C)SCCn3nc4ccccn4c3=O)n2)cc1F. The van der Waals surface area contributed by atoms with Crippen molar-refractivity contribution in [1.82, 2.24) is 24.3 Å². The van der Waals surface area contributed by atoms with E-state index in [1.54, 1.807) is 49.1 Å². The smallest absolute Gasteiger partial charge is 0.338 e. The largest absolute Gasteiger partial charge is 0.350 e. The zero-order chi connectivity index (χ0) is 19.7. The molecule has 4 aromatic rings. The van der Waals surface area contributed by atoms with Crippen LogP contribution in [0.1, 0.15) is 23.6 Å². The molecule has 144 valence electrons. The monoisotopic (exact) mass is 399 g/mol. The van der Waals surface area contributed by atoms with E-state index in [1.807, 2.05) is 13.0 Å². The zero-order valence-electron chi connectivity index (χ0n) is 15.4. The summed E-state index contributed by atoms with van der Waals surface area (Å²) in [5.41, 5.74) is 1.60. The number of pyridine rings is 1. The Hall–Kier alpha value is -2.94. The van der Waals surface area contributed by atoms with E-state index in [4.69, 9.17) is 4.52 Å². The molecular weight excluding hydrogens is 381 g/mol. The van der Waals surface area contributed by atoms with E-state index in [0.29, 0.717) is 40.8 Å². The molecule has 1 aromatic carbocycles. The van der Waals surface area contributed by atoms with E-state index in [0.717, 1.165) is 0 Å². The molecule has 0 radical (unpaired) electrons. The minimum absolute atomic E-state index is 0.0655. The molecule has 7 nitrogen and oxygen atoms in total. The van der Waals surface area contributed by atoms with Crippen molar-refractivity contribution in [2.45, 2.75) is 25.6 Å². The van der Waals surface area contributed by atoms with Crippen LogP contribution in [0, 0.1) is 12.7 Å². The summed E-state index contributed by atoms with van der Waals surface area (Å²) >= 11 is 1.58. The fourth-order valence-corrected chi connectivity index (χ4v) is 3.62. The molecule has 0 amide bonds. The van der Waals surface area contributed by atoms with Crippen molar-refractivity contribution < 1.29 is 8.91 Å². The molecule has 0 saturated carbocycles. The van der Waals surface area contributed by atoms with Crippen LogP contribution in [0.2, 0.25) is 0 Å². The molecule has 4 rings (SSSR count). The van der Waals surface area contributed by atoms with Crippen LogP contribution in [0.5, 0.6) is 0 Å². The third-order valence-electron chi connectivity index (χ3n) is 4.38. The molecule has 0 saturated heterocycles. The minimum atomic E-state index is -0.302. The molecular formula is C19H18FN5O2S. The van der Waals surface area contributed by atoms with Gasteiger partial charge >= 0.3 is 5.69 Å². The van der Waals surface area contributed by atoms with E-state index in [2.05, 4.69) is 15.2 Å². The molecule has 0 bridgehead atoms. The maximum Gasteiger partial charge on any atom is 0.350 e. The first-order valence-electron chi connectivity index (χ1n) is 8.79. The van der Waals surface area contributed by atoms with Crippen LogP contribution in [-0.4, -0.2) is 30.1 Å². The highest BCUT2D eigenvalue weighted by Gasteiger charge is 2.17. The number of hydrogen-bond acceptors (Lipinski definition) is 6. The number of thioether (sulfide) groups is 1. The second-order valence-electron chi connectivity index (χ2n) is 6.37. The lowest BCUT2D eigenvalue weighted by molar-refractivity contribution is 0.380. The lowest BCUT2D eigenvalue weighted by atomic mass is 10.1. The van der Waals surface area contributed by atoms with Gasteiger partial charge in [0.15, 0.2) is 5.65 Å². The van der Waals surface area contributed by atoms with E-state index >= 15 is 0 Å². The molecule has 3 heterocycles. The van der Waals surface area contributed by atoms with E-state index in [-0.39, 0.29) is 16.8 Å². The Morgan fingerprint density at radius 2 is 2.14 bits per heavy atom. The first-order chi connectivity index (χ1) is 13.5. The van der Waals surface area contributed by atoms with Crippen molar-refractivity contribution in [2.24, 2.45) is 0 Å². The molecule has 0 fully saturated rings. The lowest BCUT2D eigenvalue weighted by Gasteiger charge is -2.05. The number of nitrogens with zero attached hydrogens (tertiary/aromatic N) is 5. The molecule has 3 aromatic heterocycles. The Bertz CT molecular complexity index is 1180. The first kappa shape index (κ1) is 18.4. The van der Waals surface area contributed by atoms with Crippen LogP contribution in [0.25, 0.3) is 17.0 Å². The molecule has 1 atom stereocenters. The normalized spacial score (nSPS) is 12.5. The number of aromatic nitrogens is 5. The topological polar surface area (TPSA) is 78.2 Å². The second kappa shape index (κ2) is 7.59. The summed E-state index contributed by atoms with van der Waals surface area (Å²) < 4.78 is 22.0. The number of benzene rings is 1. The van der Waals surface area contributed by atoms with Gasteiger partial charge in [-0.05, 0) is 37.6 Å². The maximum absolute atomic E-state index is 13.7. The molecule has 9 heteroatoms. The lowest BCUT2D eigenvalue weighted by Crippen LogP contribution is -2.22. The van der Waals surface area contributed by atoms with Gasteiger partial charge in [0.05, 0.1) is 11.8 Å². The van der Waals surface area contributed by atoms with Crippen LogP contribution in [0.15, 0.2) is 51.9 Å². The molecule has 0 aliphatic heterocycles. The Labute approximate surface area is 164 Å². The average molecular weight is 399 g/mol. The van der Waals surface area contributed by atoms with Gasteiger partial charge in [-0.15, -0.1) is 16.9 Å². The quantitative estimate of drug-likeness (QED) is 0.494. The number of aryl methyl sites for hydroxylation is 2. The van der Waals surface area contributed by atoms with Gasteiger partial charge in [-0.2, -0.15) is 4.98 Å². The van der Waals surface area contributed by atoms with Crippen molar-refractivity contribution >= 4 is 17.4 Å². The number of rotatable bonds is 6. The van der Waals surface area contributed by atoms with E-state index in [9.17, 15) is 9.18 Å². The molecule has 0 aliphatic carbocycles. The van der Waals surface area contributed by atoms with Crippen molar-refractivity contribution in [2.75, 3.05) is 5.75 Å². The zero-order valence-corrected chi connectivity index (χ0v) is 16.2. The minimum Gasteiger partial charge on any atom is -0.338 e. The van der Waals surface area contributed by atoms with Crippen molar-refractivity contribution in [3.8, 4) is 11.4 Å². The standard InChI is InChI=1S/C19H18FN5O2S/c1-12-6-7-14(11-15(12)20)17-21-18(27-23-17)13(2)28-10-9-25-19(26)24-8-4-3-5-16(24)22-25/h3-8,11,13H,9-10H2,1-2H3. The van der Waals surface area contributed by atoms with Gasteiger partial charge in [-0.1, -0.05) is 23.4 Å². The van der Waals surface area contributed by atoms with Gasteiger partial charge in [0, 0.05) is 17.5 Å². The molecule has 0 aliphatic rings. The van der Waals surface area contributed by atoms with Crippen molar-refractivity contribution in [3.63, 3.8) is 0 Å². The van der Waals surface area contributed by atoms with E-state index in [1.165, 1.54) is 15.1 Å². The Balaban J connectivity index is 1.40. The van der Waals surface area contributed by atoms with Gasteiger partial charge in [-0.25, -0.2) is 13.9 Å². The summed E-state index contributed by atoms with van der Waals surface area (Å²) in [6, 6.07) is 10.3. The first-order valence-corrected chi connectivity index (χ1v) is 9.84. The third kappa shape index (κ3) is 3.57. The van der Waals surface area contributed by atoms with Gasteiger partial charge in [-0.3, -0.25) is 4.40 Å². The van der Waals surface area contributed by atoms with Crippen molar-refractivity contribution in [3.05, 3.63) is 70.4 Å². The van der Waals surface area contributed by atoms with Gasteiger partial charge < -0.3 is 4.52 Å². The fourth-order valence-electron chi connectivity index (χ4n) is 2.75. The maximum atomic E-state index is 13.7. The highest BCUT2D eigenvalue weighted by molar-refractivity contribution is 7.99. The summed E-state index contributed by atoms with van der Waals surface area (Å²) in [5.74, 6) is 1.17. The summed E-state index contributed by atoms with van der Waals surface area (Å²) in [6.07, 6.45) is 1.70. The second-order valence-corrected chi connectivity index (χ2v) is 7.82. The fraction of sp³-hybridized carbons (Fsp3) is 0.263. The Kier molecular flexibility index (Phi) is 4.99. The van der Waals surface area contributed by atoms with Crippen LogP contribution < -0.4 is 5.69 Å². The van der Waals surface area contributed by atoms with Gasteiger partial charge in [0.1, 0.15) is 5.82 Å². The Morgan fingerprint density at radius 3 is 2.93 bits per heavy atom. The number of hydrogen-bond donors (Lipinski definition) is 0. The molecule has 28 heavy (non-hydrogen) atoms. The highest BCUT2D eigenvalue weighted by atomic mass is 32.2. The number of fused-ring (bicyclic) bond motifs is 1. The van der Waals surface area contributed by atoms with E-state index < -0.39 is 0 Å². The van der Waals surface area contributed by atoms with Crippen LogP contribution in [0.4, 0.5) is 4.39 Å². The third-order valence-corrected chi connectivity index (χ3v) is 5.50. The average Bonchev–Trinajstić information content (AvgIpc) is 3.30. The van der Waals surface area contributed by atoms with Gasteiger partial charge in [0.2, 0.25) is 11.7 Å². The predicted molar refractivity (Wildman–Crippen MR) is 105 cm³/mol.